The van der Waals surface area contributed by atoms with Crippen LogP contribution in [0.5, 0.6) is 0 Å². The summed E-state index contributed by atoms with van der Waals surface area (Å²) in [7, 11) is 3.26. The Morgan fingerprint density at radius 1 is 1.13 bits per heavy atom. The smallest absolute Gasteiger partial charge is 0.256 e. The van der Waals surface area contributed by atoms with Crippen LogP contribution in [-0.2, 0) is 17.2 Å². The average molecular weight is 438 g/mol. The number of aromatic nitrogens is 1. The van der Waals surface area contributed by atoms with Crippen LogP contribution in [-0.4, -0.2) is 65.5 Å². The number of nitrogens with zero attached hydrogens (tertiary/aromatic N) is 2. The largest absolute Gasteiger partial charge is 0.321 e. The molecule has 2 aliphatic rings. The molecule has 6 heteroatoms. The highest BCUT2D eigenvalue weighted by Gasteiger charge is 2.22. The molecule has 5 nitrogen and oxygen atoms in total. The Labute approximate surface area is 186 Å². The van der Waals surface area contributed by atoms with Crippen LogP contribution >= 0.6 is 0 Å². The molecule has 0 radical (unpaired) electrons. The van der Waals surface area contributed by atoms with Crippen molar-refractivity contribution in [3.63, 3.8) is 0 Å². The summed E-state index contributed by atoms with van der Waals surface area (Å²) >= 11 is 0. The first-order valence-electron chi connectivity index (χ1n) is 10.9. The van der Waals surface area contributed by atoms with Crippen molar-refractivity contribution in [2.45, 2.75) is 24.2 Å². The number of aromatic amines is 1. The molecule has 1 aromatic heterocycles. The van der Waals surface area contributed by atoms with E-state index in [2.05, 4.69) is 41.0 Å². The van der Waals surface area contributed by atoms with E-state index in [9.17, 15) is 9.00 Å². The summed E-state index contributed by atoms with van der Waals surface area (Å²) < 4.78 is 11.9. The fraction of sp³-hybridized carbons (Fsp3) is 0.400. The molecule has 0 saturated carbocycles. The minimum atomic E-state index is -1.01. The third kappa shape index (κ3) is 4.66. The molecular formula is C25H31N3O2S. The van der Waals surface area contributed by atoms with Gasteiger partial charge in [0, 0.05) is 45.9 Å². The second-order valence-corrected chi connectivity index (χ2v) is 9.96. The van der Waals surface area contributed by atoms with Gasteiger partial charge in [-0.1, -0.05) is 24.3 Å². The van der Waals surface area contributed by atoms with Crippen molar-refractivity contribution in [1.82, 2.24) is 14.8 Å². The van der Waals surface area contributed by atoms with Crippen molar-refractivity contribution in [3.05, 3.63) is 64.0 Å². The van der Waals surface area contributed by atoms with Gasteiger partial charge in [-0.05, 0) is 75.8 Å². The van der Waals surface area contributed by atoms with Gasteiger partial charge in [-0.2, -0.15) is 0 Å². The van der Waals surface area contributed by atoms with E-state index in [-0.39, 0.29) is 5.56 Å². The van der Waals surface area contributed by atoms with Gasteiger partial charge >= 0.3 is 0 Å². The van der Waals surface area contributed by atoms with Crippen LogP contribution in [0.4, 0.5) is 0 Å². The summed E-state index contributed by atoms with van der Waals surface area (Å²) in [5.74, 6) is 0. The predicted octanol–water partition coefficient (Wildman–Crippen LogP) is 3.52. The lowest BCUT2D eigenvalue weighted by Gasteiger charge is -2.23. The number of benzene rings is 2. The van der Waals surface area contributed by atoms with Crippen LogP contribution in [0.25, 0.3) is 21.7 Å². The number of hydrogen-bond donors (Lipinski definition) is 1. The number of pyridine rings is 1. The zero-order chi connectivity index (χ0) is 22.0. The van der Waals surface area contributed by atoms with E-state index >= 15 is 0 Å². The number of H-pyrrole nitrogens is 1. The lowest BCUT2D eigenvalue weighted by Crippen LogP contribution is -2.30. The lowest BCUT2D eigenvalue weighted by molar-refractivity contribution is 0.274. The van der Waals surface area contributed by atoms with Crippen LogP contribution in [0.3, 0.4) is 0 Å². The molecule has 2 aromatic carbocycles. The maximum absolute atomic E-state index is 12.1. The fourth-order valence-corrected chi connectivity index (χ4v) is 5.36. The predicted molar refractivity (Wildman–Crippen MR) is 131 cm³/mol. The number of nitrogens with one attached hydrogen (secondary N) is 1. The maximum Gasteiger partial charge on any atom is 0.256 e. The first kappa shape index (κ1) is 21.9. The van der Waals surface area contributed by atoms with Crippen molar-refractivity contribution < 1.29 is 4.21 Å². The third-order valence-electron chi connectivity index (χ3n) is 6.06. The van der Waals surface area contributed by atoms with Crippen molar-refractivity contribution in [2.24, 2.45) is 0 Å². The lowest BCUT2D eigenvalue weighted by atomic mass is 10.1. The van der Waals surface area contributed by atoms with Crippen LogP contribution in [0.2, 0.25) is 0 Å². The highest BCUT2D eigenvalue weighted by molar-refractivity contribution is 7.84. The fourth-order valence-electron chi connectivity index (χ4n) is 4.58. The van der Waals surface area contributed by atoms with E-state index in [1.807, 2.05) is 30.3 Å². The van der Waals surface area contributed by atoms with E-state index in [4.69, 9.17) is 0 Å². The Morgan fingerprint density at radius 3 is 2.68 bits per heavy atom. The van der Waals surface area contributed by atoms with Gasteiger partial charge in [-0.3, -0.25) is 13.9 Å². The Balaban J connectivity index is 0.000000168. The minimum absolute atomic E-state index is 0.0532. The van der Waals surface area contributed by atoms with Crippen LogP contribution in [0, 0.1) is 0 Å². The SMILES string of the molecule is CN(C)CCCN1CC=CCC1.CS(=O)c1ccc2[nH]c(=O)c3cccc4c3c2c1C4. The topological polar surface area (TPSA) is 56.4 Å². The molecule has 164 valence electrons. The van der Waals surface area contributed by atoms with Gasteiger partial charge in [0.15, 0.2) is 0 Å². The Bertz CT molecular complexity index is 1210. The Kier molecular flexibility index (Phi) is 6.70. The Morgan fingerprint density at radius 2 is 1.97 bits per heavy atom. The highest BCUT2D eigenvalue weighted by atomic mass is 32.2. The zero-order valence-electron chi connectivity index (χ0n) is 18.6. The number of rotatable bonds is 5. The third-order valence-corrected chi connectivity index (χ3v) is 7.06. The first-order chi connectivity index (χ1) is 15.0. The highest BCUT2D eigenvalue weighted by Crippen LogP contribution is 2.38. The molecule has 1 aliphatic carbocycles. The molecule has 1 unspecified atom stereocenters. The summed E-state index contributed by atoms with van der Waals surface area (Å²) in [4.78, 5) is 20.6. The summed E-state index contributed by atoms with van der Waals surface area (Å²) in [6, 6.07) is 9.53. The van der Waals surface area contributed by atoms with Gasteiger partial charge in [0.25, 0.3) is 5.56 Å². The Hall–Kier alpha value is -2.28. The molecule has 0 fully saturated rings. The standard InChI is InChI=1S/C15H11NO2S.C10H20N2/c1-19(18)12-6-5-11-14-10(12)7-8-3-2-4-9(13(8)14)15(17)16-11;1-11(2)7-6-10-12-8-4-3-5-9-12/h2-6H,7H2,1H3,(H,16,17);3-4H,5-10H2,1-2H3. The molecule has 0 bridgehead atoms. The zero-order valence-corrected chi connectivity index (χ0v) is 19.4. The minimum Gasteiger partial charge on any atom is -0.321 e. The van der Waals surface area contributed by atoms with E-state index in [0.717, 1.165) is 50.7 Å². The molecule has 1 atom stereocenters. The molecule has 3 aromatic rings. The van der Waals surface area contributed by atoms with Gasteiger partial charge in [0.1, 0.15) is 0 Å². The van der Waals surface area contributed by atoms with Crippen molar-refractivity contribution in [3.8, 4) is 0 Å². The van der Waals surface area contributed by atoms with Crippen molar-refractivity contribution in [1.29, 1.82) is 0 Å². The van der Waals surface area contributed by atoms with E-state index in [1.54, 1.807) is 6.26 Å². The second-order valence-electron chi connectivity index (χ2n) is 8.61. The molecule has 0 saturated heterocycles. The molecule has 2 heterocycles. The van der Waals surface area contributed by atoms with E-state index in [1.165, 1.54) is 32.5 Å². The molecule has 0 amide bonds. The van der Waals surface area contributed by atoms with Crippen molar-refractivity contribution >= 4 is 32.5 Å². The summed E-state index contributed by atoms with van der Waals surface area (Å²) in [5, 5.41) is 2.82. The normalized spacial score (nSPS) is 16.3. The van der Waals surface area contributed by atoms with E-state index in [0.29, 0.717) is 0 Å². The summed E-state index contributed by atoms with van der Waals surface area (Å²) in [5.41, 5.74) is 3.04. The molecule has 0 spiro atoms. The first-order valence-corrected chi connectivity index (χ1v) is 12.5. The van der Waals surface area contributed by atoms with Gasteiger partial charge < -0.3 is 9.88 Å². The molecular weight excluding hydrogens is 406 g/mol. The van der Waals surface area contributed by atoms with Gasteiger partial charge in [-0.25, -0.2) is 0 Å². The summed E-state index contributed by atoms with van der Waals surface area (Å²) in [6.07, 6.45) is 9.55. The van der Waals surface area contributed by atoms with Crippen LogP contribution < -0.4 is 5.56 Å². The molecule has 31 heavy (non-hydrogen) atoms. The number of hydrogen-bond acceptors (Lipinski definition) is 4. The van der Waals surface area contributed by atoms with Gasteiger partial charge in [0.05, 0.1) is 10.8 Å². The van der Waals surface area contributed by atoms with Gasteiger partial charge in [-0.15, -0.1) is 0 Å². The monoisotopic (exact) mass is 437 g/mol. The molecule has 5 rings (SSSR count). The summed E-state index contributed by atoms with van der Waals surface area (Å²) in [6.45, 7) is 4.88. The van der Waals surface area contributed by atoms with Crippen LogP contribution in [0.15, 0.2) is 52.2 Å². The van der Waals surface area contributed by atoms with Gasteiger partial charge in [0.2, 0.25) is 0 Å². The quantitative estimate of drug-likeness (QED) is 0.383. The average Bonchev–Trinajstić information content (AvgIpc) is 3.14. The maximum atomic E-state index is 12.1. The second kappa shape index (κ2) is 9.47. The van der Waals surface area contributed by atoms with Crippen molar-refractivity contribution in [2.75, 3.05) is 46.5 Å². The molecule has 1 N–H and O–H groups in total. The van der Waals surface area contributed by atoms with E-state index < -0.39 is 10.8 Å². The van der Waals surface area contributed by atoms with Crippen LogP contribution in [0.1, 0.15) is 24.0 Å². The molecule has 1 aliphatic heterocycles.